The molecule has 0 radical (unpaired) electrons. The van der Waals surface area contributed by atoms with Gasteiger partial charge in [-0.3, -0.25) is 0 Å². The Labute approximate surface area is 84.4 Å². The quantitative estimate of drug-likeness (QED) is 0.784. The van der Waals surface area contributed by atoms with Gasteiger partial charge in [0.2, 0.25) is 0 Å². The fraction of sp³-hybridized carbons (Fsp3) is 0.636. The van der Waals surface area contributed by atoms with Crippen molar-refractivity contribution in [3.8, 4) is 0 Å². The summed E-state index contributed by atoms with van der Waals surface area (Å²) in [4.78, 5) is 0. The second-order valence-electron chi connectivity index (χ2n) is 4.15. The number of hydrogen-bond acceptors (Lipinski definition) is 3. The molecule has 0 saturated carbocycles. The summed E-state index contributed by atoms with van der Waals surface area (Å²) in [5.74, 6) is 0. The lowest BCUT2D eigenvalue weighted by atomic mass is 9.97. The van der Waals surface area contributed by atoms with Crippen LogP contribution >= 0.6 is 0 Å². The van der Waals surface area contributed by atoms with E-state index in [9.17, 15) is 0 Å². The van der Waals surface area contributed by atoms with Gasteiger partial charge in [0.25, 0.3) is 0 Å². The Hall–Kier alpha value is -0.800. The first-order valence-electron chi connectivity index (χ1n) is 5.12. The molecular formula is C11H17NO2. The first kappa shape index (κ1) is 9.74. The summed E-state index contributed by atoms with van der Waals surface area (Å²) in [5.41, 5.74) is 1.26. The van der Waals surface area contributed by atoms with Crippen molar-refractivity contribution in [2.24, 2.45) is 0 Å². The molecule has 0 amide bonds. The highest BCUT2D eigenvalue weighted by Crippen LogP contribution is 2.25. The van der Waals surface area contributed by atoms with Gasteiger partial charge in [-0.25, -0.2) is 0 Å². The molecule has 0 aromatic carbocycles. The summed E-state index contributed by atoms with van der Waals surface area (Å²) >= 11 is 0. The normalized spacial score (nSPS) is 33.1. The van der Waals surface area contributed by atoms with Gasteiger partial charge >= 0.3 is 0 Å². The molecule has 1 fully saturated rings. The highest BCUT2D eigenvalue weighted by molar-refractivity contribution is 5.11. The molecule has 1 saturated heterocycles. The zero-order valence-electron chi connectivity index (χ0n) is 8.75. The van der Waals surface area contributed by atoms with Crippen molar-refractivity contribution < 1.29 is 9.15 Å². The summed E-state index contributed by atoms with van der Waals surface area (Å²) < 4.78 is 10.8. The van der Waals surface area contributed by atoms with Crippen LogP contribution in [0.2, 0.25) is 0 Å². The Morgan fingerprint density at radius 1 is 1.64 bits per heavy atom. The van der Waals surface area contributed by atoms with E-state index in [1.807, 2.05) is 6.07 Å². The van der Waals surface area contributed by atoms with Crippen LogP contribution in [-0.4, -0.2) is 18.7 Å². The summed E-state index contributed by atoms with van der Waals surface area (Å²) in [6.45, 7) is 6.00. The fourth-order valence-corrected chi connectivity index (χ4v) is 1.63. The second kappa shape index (κ2) is 3.75. The fourth-order valence-electron chi connectivity index (χ4n) is 1.63. The maximum atomic E-state index is 5.81. The highest BCUT2D eigenvalue weighted by Gasteiger charge is 2.30. The van der Waals surface area contributed by atoms with Crippen LogP contribution in [0.1, 0.15) is 31.9 Å². The molecule has 1 N–H and O–H groups in total. The lowest BCUT2D eigenvalue weighted by Crippen LogP contribution is -2.52. The van der Waals surface area contributed by atoms with Gasteiger partial charge in [0.1, 0.15) is 0 Å². The predicted molar refractivity (Wildman–Crippen MR) is 54.1 cm³/mol. The lowest BCUT2D eigenvalue weighted by Gasteiger charge is -2.37. The molecule has 1 aliphatic heterocycles. The van der Waals surface area contributed by atoms with Crippen LogP contribution in [0.3, 0.4) is 0 Å². The van der Waals surface area contributed by atoms with Crippen LogP contribution in [0.25, 0.3) is 0 Å². The van der Waals surface area contributed by atoms with Crippen LogP contribution < -0.4 is 5.32 Å². The van der Waals surface area contributed by atoms with E-state index in [-0.39, 0.29) is 11.6 Å². The summed E-state index contributed by atoms with van der Waals surface area (Å²) in [6, 6.07) is 1.96. The largest absolute Gasteiger partial charge is 0.472 e. The third-order valence-corrected chi connectivity index (χ3v) is 3.01. The molecule has 0 bridgehead atoms. The van der Waals surface area contributed by atoms with Gasteiger partial charge in [0.05, 0.1) is 25.2 Å². The molecule has 0 aliphatic carbocycles. The summed E-state index contributed by atoms with van der Waals surface area (Å²) in [7, 11) is 0. The van der Waals surface area contributed by atoms with Crippen molar-refractivity contribution in [2.45, 2.75) is 31.9 Å². The Balaban J connectivity index is 1.97. The number of morpholine rings is 1. The standard InChI is InChI=1S/C11H17NO2/c1-3-11(2)8-14-10(6-12-11)9-4-5-13-7-9/h4-5,7,10,12H,3,6,8H2,1-2H3. The molecule has 78 valence electrons. The van der Waals surface area contributed by atoms with Gasteiger partial charge in [-0.2, -0.15) is 0 Å². The zero-order valence-corrected chi connectivity index (χ0v) is 8.75. The van der Waals surface area contributed by atoms with Crippen molar-refractivity contribution in [1.82, 2.24) is 5.32 Å². The minimum Gasteiger partial charge on any atom is -0.472 e. The van der Waals surface area contributed by atoms with E-state index in [0.29, 0.717) is 0 Å². The molecule has 3 heteroatoms. The Bertz CT molecular complexity index is 273. The van der Waals surface area contributed by atoms with Crippen molar-refractivity contribution in [3.63, 3.8) is 0 Å². The molecule has 3 nitrogen and oxygen atoms in total. The van der Waals surface area contributed by atoms with Crippen molar-refractivity contribution in [1.29, 1.82) is 0 Å². The number of rotatable bonds is 2. The Kier molecular flexibility index (Phi) is 2.61. The van der Waals surface area contributed by atoms with Gasteiger partial charge in [0.15, 0.2) is 0 Å². The van der Waals surface area contributed by atoms with Crippen LogP contribution in [0, 0.1) is 0 Å². The van der Waals surface area contributed by atoms with Crippen molar-refractivity contribution in [2.75, 3.05) is 13.2 Å². The third kappa shape index (κ3) is 1.83. The average molecular weight is 195 g/mol. The molecule has 1 aromatic rings. The monoisotopic (exact) mass is 195 g/mol. The van der Waals surface area contributed by atoms with E-state index in [0.717, 1.165) is 25.1 Å². The summed E-state index contributed by atoms with van der Waals surface area (Å²) in [6.07, 6.45) is 4.67. The maximum Gasteiger partial charge on any atom is 0.0981 e. The van der Waals surface area contributed by atoms with Crippen LogP contribution in [0.4, 0.5) is 0 Å². The number of furan rings is 1. The molecule has 1 aliphatic rings. The highest BCUT2D eigenvalue weighted by atomic mass is 16.5. The SMILES string of the molecule is CCC1(C)COC(c2ccoc2)CN1. The molecule has 2 rings (SSSR count). The third-order valence-electron chi connectivity index (χ3n) is 3.01. The van der Waals surface area contributed by atoms with Crippen molar-refractivity contribution >= 4 is 0 Å². The van der Waals surface area contributed by atoms with Crippen LogP contribution in [0.15, 0.2) is 23.0 Å². The van der Waals surface area contributed by atoms with E-state index in [1.165, 1.54) is 0 Å². The molecule has 2 heterocycles. The molecule has 0 spiro atoms. The molecule has 1 aromatic heterocycles. The second-order valence-corrected chi connectivity index (χ2v) is 4.15. The Morgan fingerprint density at radius 3 is 3.00 bits per heavy atom. The van der Waals surface area contributed by atoms with Gasteiger partial charge < -0.3 is 14.5 Å². The van der Waals surface area contributed by atoms with E-state index in [4.69, 9.17) is 9.15 Å². The van der Waals surface area contributed by atoms with E-state index < -0.39 is 0 Å². The smallest absolute Gasteiger partial charge is 0.0981 e. The van der Waals surface area contributed by atoms with Gasteiger partial charge in [-0.05, 0) is 19.4 Å². The van der Waals surface area contributed by atoms with E-state index >= 15 is 0 Å². The molecule has 14 heavy (non-hydrogen) atoms. The lowest BCUT2D eigenvalue weighted by molar-refractivity contribution is -0.0301. The van der Waals surface area contributed by atoms with Gasteiger partial charge in [0, 0.05) is 17.6 Å². The molecule has 2 unspecified atom stereocenters. The van der Waals surface area contributed by atoms with Gasteiger partial charge in [-0.1, -0.05) is 6.92 Å². The first-order valence-corrected chi connectivity index (χ1v) is 5.12. The van der Waals surface area contributed by atoms with E-state index in [2.05, 4.69) is 19.2 Å². The predicted octanol–water partition coefficient (Wildman–Crippen LogP) is 2.11. The number of ether oxygens (including phenoxy) is 1. The first-order chi connectivity index (χ1) is 6.73. The van der Waals surface area contributed by atoms with Crippen molar-refractivity contribution in [3.05, 3.63) is 24.2 Å². The topological polar surface area (TPSA) is 34.4 Å². The maximum absolute atomic E-state index is 5.81. The average Bonchev–Trinajstić information content (AvgIpc) is 2.72. The van der Waals surface area contributed by atoms with Crippen LogP contribution in [0.5, 0.6) is 0 Å². The van der Waals surface area contributed by atoms with Crippen LogP contribution in [-0.2, 0) is 4.74 Å². The number of nitrogens with one attached hydrogen (secondary N) is 1. The number of hydrogen-bond donors (Lipinski definition) is 1. The Morgan fingerprint density at radius 2 is 2.50 bits per heavy atom. The molecular weight excluding hydrogens is 178 g/mol. The summed E-state index contributed by atoms with van der Waals surface area (Å²) in [5, 5.41) is 3.52. The minimum atomic E-state index is 0.139. The van der Waals surface area contributed by atoms with Gasteiger partial charge in [-0.15, -0.1) is 0 Å². The minimum absolute atomic E-state index is 0.139. The molecule has 2 atom stereocenters. The van der Waals surface area contributed by atoms with E-state index in [1.54, 1.807) is 12.5 Å². The zero-order chi connectivity index (χ0) is 10.0.